The number of carbonyl (C=O) groups excluding carboxylic acids is 1. The predicted octanol–water partition coefficient (Wildman–Crippen LogP) is 3.73. The number of carbonyl (C=O) groups is 1. The van der Waals surface area contributed by atoms with E-state index >= 15 is 0 Å². The average molecular weight is 383 g/mol. The first-order valence-electron chi connectivity index (χ1n) is 9.88. The van der Waals surface area contributed by atoms with Gasteiger partial charge < -0.3 is 14.8 Å². The van der Waals surface area contributed by atoms with Crippen LogP contribution in [0.15, 0.2) is 42.6 Å². The lowest BCUT2D eigenvalue weighted by Crippen LogP contribution is -2.36. The molecule has 0 bridgehead atoms. The zero-order valence-electron chi connectivity index (χ0n) is 16.7. The van der Waals surface area contributed by atoms with Crippen molar-refractivity contribution in [2.24, 2.45) is 0 Å². The van der Waals surface area contributed by atoms with Gasteiger partial charge >= 0.3 is 0 Å². The largest absolute Gasteiger partial charge is 0.475 e. The molecule has 1 atom stereocenters. The summed E-state index contributed by atoms with van der Waals surface area (Å²) >= 11 is 0. The van der Waals surface area contributed by atoms with Crippen LogP contribution in [0.2, 0.25) is 0 Å². The topological polar surface area (TPSA) is 63.7 Å². The van der Waals surface area contributed by atoms with Crippen molar-refractivity contribution >= 4 is 11.6 Å². The first kappa shape index (κ1) is 20.3. The number of anilines is 1. The molecule has 1 N–H and O–H groups in total. The number of piperidine rings is 1. The third-order valence-corrected chi connectivity index (χ3v) is 5.08. The summed E-state index contributed by atoms with van der Waals surface area (Å²) in [7, 11) is 1.60. The van der Waals surface area contributed by atoms with Crippen LogP contribution < -0.4 is 10.1 Å². The minimum atomic E-state index is -0.238. The fourth-order valence-electron chi connectivity index (χ4n) is 3.42. The van der Waals surface area contributed by atoms with Crippen molar-refractivity contribution in [3.05, 3.63) is 53.7 Å². The molecule has 0 aliphatic carbocycles. The van der Waals surface area contributed by atoms with E-state index in [1.807, 2.05) is 12.1 Å². The van der Waals surface area contributed by atoms with E-state index in [9.17, 15) is 4.79 Å². The molecule has 1 aromatic heterocycles. The molecule has 0 saturated carbocycles. The number of aromatic nitrogens is 1. The number of pyridine rings is 1. The Kier molecular flexibility index (Phi) is 7.39. The Hall–Kier alpha value is -2.44. The average Bonchev–Trinajstić information content (AvgIpc) is 2.72. The predicted molar refractivity (Wildman–Crippen MR) is 110 cm³/mol. The van der Waals surface area contributed by atoms with Gasteiger partial charge in [-0.2, -0.15) is 0 Å². The lowest BCUT2D eigenvalue weighted by Gasteiger charge is -2.33. The standard InChI is InChI=1S/C22H29N3O3/c1-17-6-3-4-13-25(17)16-18-8-10-19(11-9-18)24-21(26)20-7-5-12-23-22(20)28-15-14-27-2/h5,7-12,17H,3-4,6,13-16H2,1-2H3,(H,24,26). The van der Waals surface area contributed by atoms with Crippen molar-refractivity contribution in [2.75, 3.05) is 32.2 Å². The van der Waals surface area contributed by atoms with E-state index in [0.29, 0.717) is 30.7 Å². The number of ether oxygens (including phenoxy) is 2. The summed E-state index contributed by atoms with van der Waals surface area (Å²) in [5.74, 6) is 0.0747. The van der Waals surface area contributed by atoms with Crippen LogP contribution in [-0.4, -0.2) is 48.7 Å². The van der Waals surface area contributed by atoms with Crippen LogP contribution in [0.4, 0.5) is 5.69 Å². The van der Waals surface area contributed by atoms with Crippen molar-refractivity contribution < 1.29 is 14.3 Å². The molecule has 1 fully saturated rings. The molecule has 0 spiro atoms. The molecule has 2 aromatic rings. The van der Waals surface area contributed by atoms with Crippen LogP contribution >= 0.6 is 0 Å². The fraction of sp³-hybridized carbons (Fsp3) is 0.455. The lowest BCUT2D eigenvalue weighted by molar-refractivity contribution is 0.101. The van der Waals surface area contributed by atoms with E-state index in [2.05, 4.69) is 34.3 Å². The van der Waals surface area contributed by atoms with Crippen LogP contribution in [0.3, 0.4) is 0 Å². The van der Waals surface area contributed by atoms with E-state index in [1.54, 1.807) is 25.4 Å². The van der Waals surface area contributed by atoms with Gasteiger partial charge in [-0.1, -0.05) is 18.6 Å². The number of nitrogens with zero attached hydrogens (tertiary/aromatic N) is 2. The van der Waals surface area contributed by atoms with Gasteiger partial charge in [0, 0.05) is 31.6 Å². The molecule has 1 aromatic carbocycles. The number of likely N-dealkylation sites (tertiary alicyclic amines) is 1. The number of nitrogens with one attached hydrogen (secondary N) is 1. The normalized spacial score (nSPS) is 17.3. The van der Waals surface area contributed by atoms with Crippen LogP contribution in [0, 0.1) is 0 Å². The number of amides is 1. The van der Waals surface area contributed by atoms with Gasteiger partial charge in [0.25, 0.3) is 5.91 Å². The molecular weight excluding hydrogens is 354 g/mol. The molecule has 1 aliphatic heterocycles. The molecule has 28 heavy (non-hydrogen) atoms. The van der Waals surface area contributed by atoms with Gasteiger partial charge in [-0.05, 0) is 56.1 Å². The van der Waals surface area contributed by atoms with E-state index in [-0.39, 0.29) is 5.91 Å². The number of methoxy groups -OCH3 is 1. The van der Waals surface area contributed by atoms with Gasteiger partial charge in [-0.25, -0.2) is 4.98 Å². The SMILES string of the molecule is COCCOc1ncccc1C(=O)Nc1ccc(CN2CCCCC2C)cc1. The maximum absolute atomic E-state index is 12.6. The summed E-state index contributed by atoms with van der Waals surface area (Å²) in [5, 5.41) is 2.92. The third-order valence-electron chi connectivity index (χ3n) is 5.08. The maximum Gasteiger partial charge on any atom is 0.261 e. The minimum absolute atomic E-state index is 0.238. The fourth-order valence-corrected chi connectivity index (χ4v) is 3.42. The Morgan fingerprint density at radius 1 is 1.21 bits per heavy atom. The summed E-state index contributed by atoms with van der Waals surface area (Å²) < 4.78 is 10.5. The first-order valence-corrected chi connectivity index (χ1v) is 9.88. The Bertz CT molecular complexity index is 764. The summed E-state index contributed by atoms with van der Waals surface area (Å²) in [6.45, 7) is 5.20. The van der Waals surface area contributed by atoms with E-state index in [0.717, 1.165) is 18.8 Å². The quantitative estimate of drug-likeness (QED) is 0.704. The Labute approximate surface area is 166 Å². The molecule has 1 aliphatic rings. The summed E-state index contributed by atoms with van der Waals surface area (Å²) in [4.78, 5) is 19.3. The van der Waals surface area contributed by atoms with Gasteiger partial charge in [0.2, 0.25) is 5.88 Å². The number of benzene rings is 1. The summed E-state index contributed by atoms with van der Waals surface area (Å²) in [6, 6.07) is 12.1. The second-order valence-electron chi connectivity index (χ2n) is 7.16. The van der Waals surface area contributed by atoms with Gasteiger partial charge in [-0.3, -0.25) is 9.69 Å². The number of hydrogen-bond acceptors (Lipinski definition) is 5. The monoisotopic (exact) mass is 383 g/mol. The Morgan fingerprint density at radius 2 is 2.04 bits per heavy atom. The molecule has 1 unspecified atom stereocenters. The van der Waals surface area contributed by atoms with Gasteiger partial charge in [0.1, 0.15) is 12.2 Å². The molecule has 0 radical (unpaired) electrons. The van der Waals surface area contributed by atoms with Gasteiger partial charge in [0.15, 0.2) is 0 Å². The zero-order chi connectivity index (χ0) is 19.8. The van der Waals surface area contributed by atoms with Crippen molar-refractivity contribution in [1.29, 1.82) is 0 Å². The second-order valence-corrected chi connectivity index (χ2v) is 7.16. The smallest absolute Gasteiger partial charge is 0.261 e. The van der Waals surface area contributed by atoms with Crippen molar-refractivity contribution in [3.8, 4) is 5.88 Å². The molecule has 150 valence electrons. The maximum atomic E-state index is 12.6. The van der Waals surface area contributed by atoms with Crippen molar-refractivity contribution in [3.63, 3.8) is 0 Å². The minimum Gasteiger partial charge on any atom is -0.475 e. The first-order chi connectivity index (χ1) is 13.7. The number of hydrogen-bond donors (Lipinski definition) is 1. The number of rotatable bonds is 8. The van der Waals surface area contributed by atoms with Crippen LogP contribution in [-0.2, 0) is 11.3 Å². The van der Waals surface area contributed by atoms with Crippen molar-refractivity contribution in [1.82, 2.24) is 9.88 Å². The van der Waals surface area contributed by atoms with E-state index in [4.69, 9.17) is 9.47 Å². The van der Waals surface area contributed by atoms with Crippen molar-refractivity contribution in [2.45, 2.75) is 38.8 Å². The van der Waals surface area contributed by atoms with E-state index < -0.39 is 0 Å². The highest BCUT2D eigenvalue weighted by Gasteiger charge is 2.18. The highest BCUT2D eigenvalue weighted by atomic mass is 16.5. The molecule has 3 rings (SSSR count). The molecular formula is C22H29N3O3. The Morgan fingerprint density at radius 3 is 2.79 bits per heavy atom. The highest BCUT2D eigenvalue weighted by Crippen LogP contribution is 2.21. The molecule has 6 nitrogen and oxygen atoms in total. The van der Waals surface area contributed by atoms with Crippen LogP contribution in [0.1, 0.15) is 42.1 Å². The summed E-state index contributed by atoms with van der Waals surface area (Å²) in [6.07, 6.45) is 5.48. The highest BCUT2D eigenvalue weighted by molar-refractivity contribution is 6.05. The second kappa shape index (κ2) is 10.2. The van der Waals surface area contributed by atoms with E-state index in [1.165, 1.54) is 24.8 Å². The third kappa shape index (κ3) is 5.53. The summed E-state index contributed by atoms with van der Waals surface area (Å²) in [5.41, 5.74) is 2.42. The molecule has 6 heteroatoms. The van der Waals surface area contributed by atoms with Crippen LogP contribution in [0.5, 0.6) is 5.88 Å². The molecule has 2 heterocycles. The Balaban J connectivity index is 1.60. The van der Waals surface area contributed by atoms with Gasteiger partial charge in [0.05, 0.1) is 6.61 Å². The van der Waals surface area contributed by atoms with Crippen LogP contribution in [0.25, 0.3) is 0 Å². The molecule has 1 saturated heterocycles. The van der Waals surface area contributed by atoms with Gasteiger partial charge in [-0.15, -0.1) is 0 Å². The lowest BCUT2D eigenvalue weighted by atomic mass is 10.0. The molecule has 1 amide bonds. The zero-order valence-corrected chi connectivity index (χ0v) is 16.7.